The lowest BCUT2D eigenvalue weighted by atomic mass is 10.1. The van der Waals surface area contributed by atoms with E-state index >= 15 is 0 Å². The van der Waals surface area contributed by atoms with Gasteiger partial charge in [-0.25, -0.2) is 0 Å². The number of aliphatic carboxylic acids is 1. The highest BCUT2D eigenvalue weighted by Gasteiger charge is 2.16. The first-order chi connectivity index (χ1) is 6.11. The molecule has 0 saturated heterocycles. The number of azide groups is 1. The van der Waals surface area contributed by atoms with Gasteiger partial charge in [-0.1, -0.05) is 5.11 Å². The number of nitrogens with one attached hydrogen (secondary N) is 1. The molecule has 0 saturated carbocycles. The normalized spacial score (nSPS) is 11.2. The number of hydrogen-bond acceptors (Lipinski definition) is 3. The molecule has 0 heterocycles. The maximum absolute atomic E-state index is 10.7. The summed E-state index contributed by atoms with van der Waals surface area (Å²) in [4.78, 5) is 23.5. The Morgan fingerprint density at radius 2 is 2.31 bits per heavy atom. The van der Waals surface area contributed by atoms with Gasteiger partial charge in [-0.05, 0) is 12.0 Å². The Morgan fingerprint density at radius 1 is 1.69 bits per heavy atom. The molecule has 2 N–H and O–H groups in total. The van der Waals surface area contributed by atoms with Crippen LogP contribution in [0.3, 0.4) is 0 Å². The minimum atomic E-state index is -1.22. The van der Waals surface area contributed by atoms with Crippen LogP contribution in [0.2, 0.25) is 0 Å². The van der Waals surface area contributed by atoms with E-state index in [2.05, 4.69) is 15.3 Å². The van der Waals surface area contributed by atoms with Gasteiger partial charge in [0.25, 0.3) is 0 Å². The molecule has 7 heteroatoms. The molecule has 72 valence electrons. The van der Waals surface area contributed by atoms with Crippen molar-refractivity contribution in [1.82, 2.24) is 5.32 Å². The van der Waals surface area contributed by atoms with Crippen LogP contribution in [-0.4, -0.2) is 30.1 Å². The van der Waals surface area contributed by atoms with Crippen molar-refractivity contribution in [3.05, 3.63) is 10.4 Å². The maximum Gasteiger partial charge on any atom is 0.312 e. The zero-order valence-corrected chi connectivity index (χ0v) is 7.10. The summed E-state index contributed by atoms with van der Waals surface area (Å²) < 4.78 is 0. The van der Waals surface area contributed by atoms with Gasteiger partial charge in [-0.15, -0.1) is 0 Å². The fourth-order valence-corrected chi connectivity index (χ4v) is 0.686. The first-order valence-corrected chi connectivity index (χ1v) is 3.59. The molecule has 0 aliphatic heterocycles. The third-order valence-electron chi connectivity index (χ3n) is 1.40. The lowest BCUT2D eigenvalue weighted by Crippen LogP contribution is -2.23. The molecule has 0 radical (unpaired) electrons. The number of amides is 1. The van der Waals surface area contributed by atoms with E-state index in [0.29, 0.717) is 0 Å². The van der Waals surface area contributed by atoms with Gasteiger partial charge in [0, 0.05) is 18.4 Å². The highest BCUT2D eigenvalue weighted by molar-refractivity contribution is 5.78. The van der Waals surface area contributed by atoms with Crippen LogP contribution < -0.4 is 5.32 Å². The van der Waals surface area contributed by atoms with E-state index in [0.717, 1.165) is 0 Å². The number of carbonyl (C=O) groups excluding carboxylic acids is 1. The van der Waals surface area contributed by atoms with Crippen molar-refractivity contribution in [2.45, 2.75) is 18.9 Å². The maximum atomic E-state index is 10.7. The molecule has 7 nitrogen and oxygen atoms in total. The Bertz CT molecular complexity index is 244. The summed E-state index contributed by atoms with van der Waals surface area (Å²) in [5, 5.41) is 13.9. The van der Waals surface area contributed by atoms with Crippen LogP contribution in [0.25, 0.3) is 10.4 Å². The highest BCUT2D eigenvalue weighted by Crippen LogP contribution is 2.02. The van der Waals surface area contributed by atoms with Crippen molar-refractivity contribution < 1.29 is 14.7 Å². The Kier molecular flexibility index (Phi) is 5.06. The Labute approximate surface area is 74.4 Å². The van der Waals surface area contributed by atoms with Gasteiger partial charge < -0.3 is 10.4 Å². The molecule has 13 heavy (non-hydrogen) atoms. The smallest absolute Gasteiger partial charge is 0.312 e. The lowest BCUT2D eigenvalue weighted by molar-refractivity contribution is -0.138. The summed E-state index contributed by atoms with van der Waals surface area (Å²) in [7, 11) is 1.45. The van der Waals surface area contributed by atoms with Gasteiger partial charge in [0.2, 0.25) is 5.91 Å². The van der Waals surface area contributed by atoms with E-state index in [-0.39, 0.29) is 18.7 Å². The molecule has 0 rings (SSSR count). The van der Waals surface area contributed by atoms with Crippen molar-refractivity contribution in [3.8, 4) is 0 Å². The van der Waals surface area contributed by atoms with E-state index in [1.807, 2.05) is 0 Å². The molecule has 0 aromatic carbocycles. The molecule has 0 bridgehead atoms. The van der Waals surface area contributed by atoms with Gasteiger partial charge in [0.15, 0.2) is 0 Å². The molecule has 1 unspecified atom stereocenters. The quantitative estimate of drug-likeness (QED) is 0.364. The largest absolute Gasteiger partial charge is 0.481 e. The molecule has 0 aliphatic carbocycles. The Morgan fingerprint density at radius 3 is 2.69 bits per heavy atom. The third kappa shape index (κ3) is 4.65. The van der Waals surface area contributed by atoms with Crippen molar-refractivity contribution in [1.29, 1.82) is 0 Å². The second-order valence-corrected chi connectivity index (χ2v) is 2.27. The van der Waals surface area contributed by atoms with Gasteiger partial charge in [-0.3, -0.25) is 9.59 Å². The van der Waals surface area contributed by atoms with Crippen LogP contribution >= 0.6 is 0 Å². The van der Waals surface area contributed by atoms with E-state index in [1.165, 1.54) is 7.05 Å². The summed E-state index contributed by atoms with van der Waals surface area (Å²) in [6, 6.07) is -1.16. The average molecular weight is 186 g/mol. The van der Waals surface area contributed by atoms with Gasteiger partial charge in [0.05, 0.1) is 0 Å². The standard InChI is InChI=1S/C6H10N4O3/c1-8-5(11)3-2-4(6(12)13)9-10-7/h4H,2-3H2,1H3,(H,8,11)(H,12,13). The van der Waals surface area contributed by atoms with Crippen LogP contribution in [0, 0.1) is 0 Å². The molecule has 1 atom stereocenters. The first kappa shape index (κ1) is 11.2. The first-order valence-electron chi connectivity index (χ1n) is 3.59. The van der Waals surface area contributed by atoms with Crippen LogP contribution in [0.5, 0.6) is 0 Å². The van der Waals surface area contributed by atoms with E-state index in [9.17, 15) is 9.59 Å². The number of carboxylic acids is 1. The van der Waals surface area contributed by atoms with Crippen LogP contribution in [0.4, 0.5) is 0 Å². The number of nitrogens with zero attached hydrogens (tertiary/aromatic N) is 3. The summed E-state index contributed by atoms with van der Waals surface area (Å²) in [5.74, 6) is -1.50. The monoisotopic (exact) mass is 186 g/mol. The molecular weight excluding hydrogens is 176 g/mol. The third-order valence-corrected chi connectivity index (χ3v) is 1.40. The van der Waals surface area contributed by atoms with Crippen LogP contribution in [0.15, 0.2) is 5.11 Å². The summed E-state index contributed by atoms with van der Waals surface area (Å²) >= 11 is 0. The molecule has 0 spiro atoms. The van der Waals surface area contributed by atoms with Crippen LogP contribution in [0.1, 0.15) is 12.8 Å². The van der Waals surface area contributed by atoms with Crippen molar-refractivity contribution in [2.24, 2.45) is 5.11 Å². The fourth-order valence-electron chi connectivity index (χ4n) is 0.686. The van der Waals surface area contributed by atoms with E-state index in [1.54, 1.807) is 0 Å². The number of carbonyl (C=O) groups is 2. The number of rotatable bonds is 5. The second-order valence-electron chi connectivity index (χ2n) is 2.27. The molecule has 0 aromatic heterocycles. The van der Waals surface area contributed by atoms with Gasteiger partial charge in [-0.2, -0.15) is 0 Å². The zero-order chi connectivity index (χ0) is 10.3. The summed E-state index contributed by atoms with van der Waals surface area (Å²) in [5.41, 5.74) is 8.00. The van der Waals surface area contributed by atoms with Crippen molar-refractivity contribution >= 4 is 11.9 Å². The van der Waals surface area contributed by atoms with Crippen molar-refractivity contribution in [3.63, 3.8) is 0 Å². The van der Waals surface area contributed by atoms with Gasteiger partial charge >= 0.3 is 5.97 Å². The molecular formula is C6H10N4O3. The predicted octanol–water partition coefficient (Wildman–Crippen LogP) is 0.276. The van der Waals surface area contributed by atoms with Crippen LogP contribution in [-0.2, 0) is 9.59 Å². The summed E-state index contributed by atoms with van der Waals surface area (Å²) in [6.45, 7) is 0. The Hall–Kier alpha value is -1.75. The SMILES string of the molecule is CNC(=O)CCC(N=[N+]=[N-])C(=O)O. The molecule has 0 aliphatic rings. The second kappa shape index (κ2) is 5.84. The minimum Gasteiger partial charge on any atom is -0.481 e. The zero-order valence-electron chi connectivity index (χ0n) is 7.10. The lowest BCUT2D eigenvalue weighted by Gasteiger charge is -2.03. The average Bonchev–Trinajstić information content (AvgIpc) is 2.11. The highest BCUT2D eigenvalue weighted by atomic mass is 16.4. The van der Waals surface area contributed by atoms with Gasteiger partial charge in [0.1, 0.15) is 6.04 Å². The Balaban J connectivity index is 4.04. The minimum absolute atomic E-state index is 0.0130. The fraction of sp³-hybridized carbons (Fsp3) is 0.667. The number of hydrogen-bond donors (Lipinski definition) is 2. The predicted molar refractivity (Wildman–Crippen MR) is 43.9 cm³/mol. The molecule has 0 aromatic rings. The van der Waals surface area contributed by atoms with E-state index in [4.69, 9.17) is 10.6 Å². The number of carboxylic acid groups (broad SMARTS) is 1. The van der Waals surface area contributed by atoms with E-state index < -0.39 is 12.0 Å². The van der Waals surface area contributed by atoms with Crippen molar-refractivity contribution in [2.75, 3.05) is 7.05 Å². The summed E-state index contributed by atoms with van der Waals surface area (Å²) in [6.07, 6.45) is 0.0472. The molecule has 0 fully saturated rings. The molecule has 1 amide bonds. The topological polar surface area (TPSA) is 115 Å².